The second-order valence-electron chi connectivity index (χ2n) is 7.47. The minimum absolute atomic E-state index is 0.0485. The Hall–Kier alpha value is -4.19. The molecule has 1 amide bonds. The number of carbonyl (C=O) groups excluding carboxylic acids is 1. The van der Waals surface area contributed by atoms with Crippen LogP contribution < -0.4 is 10.9 Å². The van der Waals surface area contributed by atoms with E-state index in [1.54, 1.807) is 30.3 Å². The first-order chi connectivity index (χ1) is 15.0. The van der Waals surface area contributed by atoms with Crippen molar-refractivity contribution >= 4 is 33.7 Å². The average molecular weight is 410 g/mol. The van der Waals surface area contributed by atoms with Gasteiger partial charge in [-0.15, -0.1) is 0 Å². The summed E-state index contributed by atoms with van der Waals surface area (Å²) in [6.45, 7) is 4.01. The zero-order valence-corrected chi connectivity index (χ0v) is 16.9. The summed E-state index contributed by atoms with van der Waals surface area (Å²) in [6, 6.07) is 19.7. The number of rotatable bonds is 3. The zero-order valence-electron chi connectivity index (χ0n) is 16.9. The van der Waals surface area contributed by atoms with Crippen LogP contribution in [-0.4, -0.2) is 10.9 Å². The van der Waals surface area contributed by atoms with Crippen molar-refractivity contribution in [3.05, 3.63) is 93.8 Å². The third kappa shape index (κ3) is 3.48. The van der Waals surface area contributed by atoms with Gasteiger partial charge in [-0.25, -0.2) is 9.78 Å². The number of para-hydroxylation sites is 1. The van der Waals surface area contributed by atoms with E-state index < -0.39 is 11.5 Å². The van der Waals surface area contributed by atoms with E-state index in [-0.39, 0.29) is 5.56 Å². The molecule has 2 aromatic heterocycles. The summed E-state index contributed by atoms with van der Waals surface area (Å²) in [7, 11) is 0. The molecule has 0 radical (unpaired) electrons. The van der Waals surface area contributed by atoms with Crippen LogP contribution in [0.25, 0.3) is 33.5 Å². The molecular formula is C25H18N2O4. The maximum Gasteiger partial charge on any atom is 0.349 e. The maximum atomic E-state index is 12.6. The Labute approximate surface area is 177 Å². The number of nitrogens with zero attached hydrogens (tertiary/aromatic N) is 1. The highest BCUT2D eigenvalue weighted by molar-refractivity contribution is 6.05. The minimum atomic E-state index is -0.676. The Bertz CT molecular complexity index is 1510. The van der Waals surface area contributed by atoms with Gasteiger partial charge in [0, 0.05) is 16.6 Å². The highest BCUT2D eigenvalue weighted by Gasteiger charge is 2.15. The van der Waals surface area contributed by atoms with Crippen LogP contribution in [0.2, 0.25) is 0 Å². The van der Waals surface area contributed by atoms with Gasteiger partial charge in [0.15, 0.2) is 5.58 Å². The van der Waals surface area contributed by atoms with Crippen LogP contribution >= 0.6 is 0 Å². The molecule has 3 aromatic carbocycles. The van der Waals surface area contributed by atoms with Crippen molar-refractivity contribution in [2.75, 3.05) is 5.32 Å². The predicted molar refractivity (Wildman–Crippen MR) is 119 cm³/mol. The molecule has 31 heavy (non-hydrogen) atoms. The summed E-state index contributed by atoms with van der Waals surface area (Å²) in [4.78, 5) is 29.4. The molecule has 0 aliphatic rings. The Balaban J connectivity index is 1.41. The number of benzene rings is 3. The second kappa shape index (κ2) is 7.25. The van der Waals surface area contributed by atoms with Crippen molar-refractivity contribution in [1.29, 1.82) is 0 Å². The SMILES string of the molecule is Cc1cc(C)c2oc(-c3ccc(NC(=O)c4cc5ccccc5oc4=O)cc3)nc2c1. The lowest BCUT2D eigenvalue weighted by Gasteiger charge is -2.06. The summed E-state index contributed by atoms with van der Waals surface area (Å²) >= 11 is 0. The number of hydrogen-bond donors (Lipinski definition) is 1. The Morgan fingerprint density at radius 1 is 0.935 bits per heavy atom. The number of amides is 1. The fraction of sp³-hybridized carbons (Fsp3) is 0.0800. The van der Waals surface area contributed by atoms with E-state index in [1.807, 2.05) is 38.1 Å². The first-order valence-electron chi connectivity index (χ1n) is 9.80. The fourth-order valence-electron chi connectivity index (χ4n) is 3.61. The Morgan fingerprint density at radius 2 is 1.71 bits per heavy atom. The van der Waals surface area contributed by atoms with Crippen LogP contribution in [-0.2, 0) is 0 Å². The number of aryl methyl sites for hydroxylation is 2. The molecule has 0 fully saturated rings. The van der Waals surface area contributed by atoms with Crippen LogP contribution in [0.5, 0.6) is 0 Å². The molecule has 0 bridgehead atoms. The fourth-order valence-corrected chi connectivity index (χ4v) is 3.61. The summed E-state index contributed by atoms with van der Waals surface area (Å²) < 4.78 is 11.2. The molecule has 5 aromatic rings. The molecule has 152 valence electrons. The van der Waals surface area contributed by atoms with Crippen molar-refractivity contribution in [2.24, 2.45) is 0 Å². The van der Waals surface area contributed by atoms with Crippen molar-refractivity contribution < 1.29 is 13.6 Å². The molecule has 0 saturated carbocycles. The van der Waals surface area contributed by atoms with Crippen LogP contribution in [0.3, 0.4) is 0 Å². The van der Waals surface area contributed by atoms with Gasteiger partial charge in [-0.05, 0) is 67.4 Å². The normalized spacial score (nSPS) is 11.2. The molecule has 0 spiro atoms. The highest BCUT2D eigenvalue weighted by atomic mass is 16.4. The van der Waals surface area contributed by atoms with Gasteiger partial charge in [0.1, 0.15) is 16.7 Å². The zero-order chi connectivity index (χ0) is 21.5. The monoisotopic (exact) mass is 410 g/mol. The summed E-state index contributed by atoms with van der Waals surface area (Å²) in [5.74, 6) is -0.0167. The Morgan fingerprint density at radius 3 is 2.52 bits per heavy atom. The third-order valence-electron chi connectivity index (χ3n) is 5.10. The second-order valence-corrected chi connectivity index (χ2v) is 7.47. The molecule has 0 saturated heterocycles. The average Bonchev–Trinajstić information content (AvgIpc) is 3.18. The molecule has 0 aliphatic heterocycles. The number of fused-ring (bicyclic) bond motifs is 2. The van der Waals surface area contributed by atoms with Gasteiger partial charge in [0.25, 0.3) is 5.91 Å². The Kier molecular flexibility index (Phi) is 4.40. The first-order valence-corrected chi connectivity index (χ1v) is 9.80. The van der Waals surface area contributed by atoms with E-state index in [1.165, 1.54) is 6.07 Å². The molecule has 6 heteroatoms. The van der Waals surface area contributed by atoms with E-state index >= 15 is 0 Å². The van der Waals surface area contributed by atoms with Gasteiger partial charge in [0.05, 0.1) is 0 Å². The lowest BCUT2D eigenvalue weighted by Crippen LogP contribution is -2.20. The van der Waals surface area contributed by atoms with Crippen LogP contribution in [0.15, 0.2) is 80.4 Å². The number of hydrogen-bond acceptors (Lipinski definition) is 5. The number of carbonyl (C=O) groups is 1. The smallest absolute Gasteiger partial charge is 0.349 e. The highest BCUT2D eigenvalue weighted by Crippen LogP contribution is 2.28. The molecule has 1 N–H and O–H groups in total. The maximum absolute atomic E-state index is 12.6. The summed E-state index contributed by atoms with van der Waals surface area (Å²) in [5.41, 5.74) is 4.79. The van der Waals surface area contributed by atoms with Crippen LogP contribution in [0.1, 0.15) is 21.5 Å². The first kappa shape index (κ1) is 18.8. The van der Waals surface area contributed by atoms with E-state index in [2.05, 4.69) is 16.4 Å². The van der Waals surface area contributed by atoms with Crippen molar-refractivity contribution in [3.63, 3.8) is 0 Å². The molecule has 2 heterocycles. The quantitative estimate of drug-likeness (QED) is 0.399. The third-order valence-corrected chi connectivity index (χ3v) is 5.10. The number of aromatic nitrogens is 1. The van der Waals surface area contributed by atoms with Gasteiger partial charge in [-0.1, -0.05) is 24.3 Å². The lowest BCUT2D eigenvalue weighted by molar-refractivity contribution is 0.102. The largest absolute Gasteiger partial charge is 0.436 e. The van der Waals surface area contributed by atoms with E-state index in [9.17, 15) is 9.59 Å². The van der Waals surface area contributed by atoms with Crippen molar-refractivity contribution in [2.45, 2.75) is 13.8 Å². The van der Waals surface area contributed by atoms with Gasteiger partial charge in [-0.3, -0.25) is 4.79 Å². The van der Waals surface area contributed by atoms with Crippen molar-refractivity contribution in [1.82, 2.24) is 4.98 Å². The molecule has 0 unspecified atom stereocenters. The number of oxazole rings is 1. The van der Waals surface area contributed by atoms with Crippen LogP contribution in [0, 0.1) is 13.8 Å². The predicted octanol–water partition coefficient (Wildman–Crippen LogP) is 5.47. The van der Waals surface area contributed by atoms with Gasteiger partial charge >= 0.3 is 5.63 Å². The van der Waals surface area contributed by atoms with Gasteiger partial charge < -0.3 is 14.2 Å². The summed E-state index contributed by atoms with van der Waals surface area (Å²) in [5, 5.41) is 3.42. The molecule has 0 atom stereocenters. The molecule has 0 aliphatic carbocycles. The van der Waals surface area contributed by atoms with E-state index in [0.717, 1.165) is 27.8 Å². The van der Waals surface area contributed by atoms with E-state index in [4.69, 9.17) is 8.83 Å². The van der Waals surface area contributed by atoms with Crippen molar-refractivity contribution in [3.8, 4) is 11.5 Å². The van der Waals surface area contributed by atoms with Gasteiger partial charge in [-0.2, -0.15) is 0 Å². The molecule has 6 nitrogen and oxygen atoms in total. The van der Waals surface area contributed by atoms with Gasteiger partial charge in [0.2, 0.25) is 5.89 Å². The minimum Gasteiger partial charge on any atom is -0.436 e. The lowest BCUT2D eigenvalue weighted by atomic mass is 10.1. The topological polar surface area (TPSA) is 85.3 Å². The van der Waals surface area contributed by atoms with E-state index in [0.29, 0.717) is 22.5 Å². The number of anilines is 1. The molecule has 5 rings (SSSR count). The summed E-state index contributed by atoms with van der Waals surface area (Å²) in [6.07, 6.45) is 0. The van der Waals surface area contributed by atoms with Crippen LogP contribution in [0.4, 0.5) is 5.69 Å². The number of nitrogens with one attached hydrogen (secondary N) is 1. The molecular weight excluding hydrogens is 392 g/mol. The standard InChI is InChI=1S/C25H18N2O4/c1-14-11-15(2)22-20(12-14)27-24(31-22)16-7-9-18(10-8-16)26-23(28)19-13-17-5-3-4-6-21(17)30-25(19)29/h3-13H,1-2H3,(H,26,28).